The normalized spacial score (nSPS) is 10.4. The highest BCUT2D eigenvalue weighted by Gasteiger charge is 2.03. The summed E-state index contributed by atoms with van der Waals surface area (Å²) in [5.74, 6) is 0.344. The summed E-state index contributed by atoms with van der Waals surface area (Å²) < 4.78 is 0. The van der Waals surface area contributed by atoms with Gasteiger partial charge in [0.15, 0.2) is 0 Å². The van der Waals surface area contributed by atoms with Crippen molar-refractivity contribution in [1.82, 2.24) is 0 Å². The molecule has 0 bridgehead atoms. The summed E-state index contributed by atoms with van der Waals surface area (Å²) >= 11 is 1.59. The van der Waals surface area contributed by atoms with Crippen molar-refractivity contribution < 1.29 is 5.11 Å². The van der Waals surface area contributed by atoms with E-state index in [0.717, 1.165) is 15.4 Å². The molecule has 0 amide bonds. The van der Waals surface area contributed by atoms with Crippen molar-refractivity contribution in [2.24, 2.45) is 0 Å². The molecule has 2 aromatic carbocycles. The second kappa shape index (κ2) is 4.62. The predicted octanol–water partition coefficient (Wildman–Crippen LogP) is 4.16. The fourth-order valence-electron chi connectivity index (χ4n) is 1.44. The fourth-order valence-corrected chi connectivity index (χ4v) is 2.38. The average Bonchev–Trinajstić information content (AvgIpc) is 2.27. The van der Waals surface area contributed by atoms with Gasteiger partial charge in [-0.15, -0.1) is 0 Å². The molecule has 0 aliphatic carbocycles. The van der Waals surface area contributed by atoms with E-state index in [9.17, 15) is 5.11 Å². The number of benzene rings is 2. The largest absolute Gasteiger partial charge is 0.507 e. The van der Waals surface area contributed by atoms with Gasteiger partial charge in [0.1, 0.15) is 5.75 Å². The molecule has 0 saturated carbocycles. The molecule has 0 atom stereocenters. The van der Waals surface area contributed by atoms with Crippen LogP contribution in [0.5, 0.6) is 5.75 Å². The van der Waals surface area contributed by atoms with Crippen LogP contribution in [-0.4, -0.2) is 5.11 Å². The van der Waals surface area contributed by atoms with Gasteiger partial charge in [-0.2, -0.15) is 0 Å². The smallest absolute Gasteiger partial charge is 0.129 e. The molecule has 0 aliphatic rings. The minimum atomic E-state index is 0.344. The lowest BCUT2D eigenvalue weighted by Crippen LogP contribution is -1.78. The van der Waals surface area contributed by atoms with E-state index in [2.05, 4.69) is 31.2 Å². The lowest BCUT2D eigenvalue weighted by molar-refractivity contribution is 0.462. The molecule has 0 saturated heterocycles. The quantitative estimate of drug-likeness (QED) is 0.836. The Morgan fingerprint density at radius 1 is 0.875 bits per heavy atom. The Bertz CT molecular complexity index is 489. The van der Waals surface area contributed by atoms with E-state index in [0.29, 0.717) is 5.75 Å². The highest BCUT2D eigenvalue weighted by Crippen LogP contribution is 2.34. The fraction of sp³-hybridized carbons (Fsp3) is 0.143. The van der Waals surface area contributed by atoms with Gasteiger partial charge in [-0.25, -0.2) is 0 Å². The lowest BCUT2D eigenvalue weighted by atomic mass is 10.2. The summed E-state index contributed by atoms with van der Waals surface area (Å²) in [7, 11) is 0. The number of phenolic OH excluding ortho intramolecular Hbond substituents is 1. The van der Waals surface area contributed by atoms with Crippen LogP contribution < -0.4 is 0 Å². The van der Waals surface area contributed by atoms with Crippen LogP contribution in [0.2, 0.25) is 0 Å². The lowest BCUT2D eigenvalue weighted by Gasteiger charge is -2.05. The van der Waals surface area contributed by atoms with E-state index in [4.69, 9.17) is 0 Å². The first-order chi connectivity index (χ1) is 7.65. The zero-order valence-corrected chi connectivity index (χ0v) is 10.2. The van der Waals surface area contributed by atoms with Crippen molar-refractivity contribution in [1.29, 1.82) is 0 Å². The summed E-state index contributed by atoms with van der Waals surface area (Å²) in [6.07, 6.45) is 0. The van der Waals surface area contributed by atoms with Crippen LogP contribution in [0.4, 0.5) is 0 Å². The van der Waals surface area contributed by atoms with E-state index in [1.165, 1.54) is 5.56 Å². The van der Waals surface area contributed by atoms with Gasteiger partial charge in [-0.05, 0) is 43.7 Å². The van der Waals surface area contributed by atoms with Gasteiger partial charge >= 0.3 is 0 Å². The van der Waals surface area contributed by atoms with Gasteiger partial charge in [0.25, 0.3) is 0 Å². The second-order valence-electron chi connectivity index (χ2n) is 3.89. The Balaban J connectivity index is 2.26. The summed E-state index contributed by atoms with van der Waals surface area (Å²) in [4.78, 5) is 2.05. The van der Waals surface area contributed by atoms with E-state index in [1.54, 1.807) is 17.8 Å². The number of rotatable bonds is 2. The molecular weight excluding hydrogens is 216 g/mol. The molecule has 2 rings (SSSR count). The van der Waals surface area contributed by atoms with Crippen molar-refractivity contribution in [3.05, 3.63) is 53.6 Å². The molecule has 0 spiro atoms. The van der Waals surface area contributed by atoms with E-state index in [1.807, 2.05) is 19.1 Å². The summed E-state index contributed by atoms with van der Waals surface area (Å²) in [6, 6.07) is 14.0. The predicted molar refractivity (Wildman–Crippen MR) is 68.1 cm³/mol. The molecule has 2 heteroatoms. The van der Waals surface area contributed by atoms with E-state index in [-0.39, 0.29) is 0 Å². The van der Waals surface area contributed by atoms with Gasteiger partial charge in [0.2, 0.25) is 0 Å². The standard InChI is InChI=1S/C14H14OS/c1-10-3-6-12(7-4-10)16-14-9-11(2)5-8-13(14)15/h3-9,15H,1-2H3. The summed E-state index contributed by atoms with van der Waals surface area (Å²) in [5, 5.41) is 9.73. The molecule has 0 fully saturated rings. The maximum atomic E-state index is 9.73. The Kier molecular flexibility index (Phi) is 3.20. The highest BCUT2D eigenvalue weighted by molar-refractivity contribution is 7.99. The Labute approximate surface area is 100 Å². The molecule has 0 aliphatic heterocycles. The van der Waals surface area contributed by atoms with Crippen LogP contribution in [-0.2, 0) is 0 Å². The van der Waals surface area contributed by atoms with Gasteiger partial charge in [-0.3, -0.25) is 0 Å². The highest BCUT2D eigenvalue weighted by atomic mass is 32.2. The third-order valence-electron chi connectivity index (χ3n) is 2.36. The van der Waals surface area contributed by atoms with E-state index < -0.39 is 0 Å². The molecule has 0 radical (unpaired) electrons. The maximum Gasteiger partial charge on any atom is 0.129 e. The van der Waals surface area contributed by atoms with Crippen molar-refractivity contribution in [3.8, 4) is 5.75 Å². The van der Waals surface area contributed by atoms with Gasteiger partial charge < -0.3 is 5.11 Å². The first kappa shape index (κ1) is 11.1. The first-order valence-electron chi connectivity index (χ1n) is 5.19. The molecule has 0 aromatic heterocycles. The van der Waals surface area contributed by atoms with E-state index >= 15 is 0 Å². The Hall–Kier alpha value is -1.41. The van der Waals surface area contributed by atoms with Gasteiger partial charge in [-0.1, -0.05) is 35.5 Å². The molecule has 2 aromatic rings. The SMILES string of the molecule is Cc1ccc(Sc2cc(C)ccc2O)cc1. The van der Waals surface area contributed by atoms with Crippen molar-refractivity contribution in [3.63, 3.8) is 0 Å². The van der Waals surface area contributed by atoms with Crippen molar-refractivity contribution in [2.75, 3.05) is 0 Å². The number of hydrogen-bond donors (Lipinski definition) is 1. The number of phenols is 1. The number of hydrogen-bond acceptors (Lipinski definition) is 2. The van der Waals surface area contributed by atoms with Gasteiger partial charge in [0.05, 0.1) is 4.90 Å². The average molecular weight is 230 g/mol. The second-order valence-corrected chi connectivity index (χ2v) is 5.00. The van der Waals surface area contributed by atoms with Crippen molar-refractivity contribution in [2.45, 2.75) is 23.6 Å². The molecule has 0 unspecified atom stereocenters. The molecule has 1 N–H and O–H groups in total. The van der Waals surface area contributed by atoms with Gasteiger partial charge in [0, 0.05) is 4.90 Å². The van der Waals surface area contributed by atoms with Crippen LogP contribution in [0.15, 0.2) is 52.3 Å². The number of aryl methyl sites for hydroxylation is 2. The summed E-state index contributed by atoms with van der Waals surface area (Å²) in [5.41, 5.74) is 2.41. The van der Waals surface area contributed by atoms with Crippen molar-refractivity contribution >= 4 is 11.8 Å². The van der Waals surface area contributed by atoms with Crippen LogP contribution >= 0.6 is 11.8 Å². The number of aromatic hydroxyl groups is 1. The monoisotopic (exact) mass is 230 g/mol. The van der Waals surface area contributed by atoms with Crippen LogP contribution in [0, 0.1) is 13.8 Å². The minimum Gasteiger partial charge on any atom is -0.507 e. The third kappa shape index (κ3) is 2.58. The Morgan fingerprint density at radius 3 is 2.19 bits per heavy atom. The summed E-state index contributed by atoms with van der Waals surface area (Å²) in [6.45, 7) is 4.09. The minimum absolute atomic E-state index is 0.344. The van der Waals surface area contributed by atoms with Crippen LogP contribution in [0.3, 0.4) is 0 Å². The topological polar surface area (TPSA) is 20.2 Å². The third-order valence-corrected chi connectivity index (χ3v) is 3.42. The first-order valence-corrected chi connectivity index (χ1v) is 6.01. The zero-order chi connectivity index (χ0) is 11.5. The van der Waals surface area contributed by atoms with Crippen LogP contribution in [0.25, 0.3) is 0 Å². The van der Waals surface area contributed by atoms with Crippen LogP contribution in [0.1, 0.15) is 11.1 Å². The molecular formula is C14H14OS. The maximum absolute atomic E-state index is 9.73. The molecule has 16 heavy (non-hydrogen) atoms. The molecule has 82 valence electrons. The molecule has 1 nitrogen and oxygen atoms in total. The Morgan fingerprint density at radius 2 is 1.50 bits per heavy atom. The zero-order valence-electron chi connectivity index (χ0n) is 9.40. The molecule has 0 heterocycles.